The van der Waals surface area contributed by atoms with Gasteiger partial charge in [0, 0.05) is 6.54 Å². The van der Waals surface area contributed by atoms with Crippen molar-refractivity contribution in [2.75, 3.05) is 25.7 Å². The van der Waals surface area contributed by atoms with E-state index in [1.807, 2.05) is 17.0 Å². The van der Waals surface area contributed by atoms with E-state index in [1.54, 1.807) is 14.2 Å². The molecule has 1 saturated heterocycles. The maximum Gasteiger partial charge on any atom is 0.251 e. The first-order valence-electron chi connectivity index (χ1n) is 8.62. The average molecular weight is 370 g/mol. The summed E-state index contributed by atoms with van der Waals surface area (Å²) >= 11 is 0. The predicted octanol–water partition coefficient (Wildman–Crippen LogP) is 2.14. The van der Waals surface area contributed by atoms with E-state index in [4.69, 9.17) is 9.47 Å². The molecule has 140 valence electrons. The van der Waals surface area contributed by atoms with E-state index in [-0.39, 0.29) is 18.4 Å². The SMILES string of the molecule is COc1cc2c(cc1OC)CN1CC(=O)N(c3ccc(F)cc3)C(=O)C1C2. The van der Waals surface area contributed by atoms with E-state index in [1.165, 1.54) is 24.3 Å². The number of imide groups is 1. The van der Waals surface area contributed by atoms with Gasteiger partial charge in [-0.2, -0.15) is 0 Å². The molecule has 0 aromatic heterocycles. The minimum absolute atomic E-state index is 0.127. The Hall–Kier alpha value is -2.93. The molecule has 0 saturated carbocycles. The summed E-state index contributed by atoms with van der Waals surface area (Å²) < 4.78 is 23.9. The zero-order chi connectivity index (χ0) is 19.1. The topological polar surface area (TPSA) is 59.1 Å². The molecule has 27 heavy (non-hydrogen) atoms. The maximum absolute atomic E-state index is 13.2. The molecule has 1 fully saturated rings. The summed E-state index contributed by atoms with van der Waals surface area (Å²) in [5, 5.41) is 0. The number of nitrogens with zero attached hydrogens (tertiary/aromatic N) is 2. The van der Waals surface area contributed by atoms with E-state index in [9.17, 15) is 14.0 Å². The van der Waals surface area contributed by atoms with Crippen LogP contribution in [0, 0.1) is 5.82 Å². The van der Waals surface area contributed by atoms with Gasteiger partial charge >= 0.3 is 0 Å². The van der Waals surface area contributed by atoms with Gasteiger partial charge in [-0.15, -0.1) is 0 Å². The summed E-state index contributed by atoms with van der Waals surface area (Å²) in [5.74, 6) is 0.215. The highest BCUT2D eigenvalue weighted by molar-refractivity contribution is 6.19. The lowest BCUT2D eigenvalue weighted by Crippen LogP contribution is -2.61. The summed E-state index contributed by atoms with van der Waals surface area (Å²) in [6.45, 7) is 0.608. The molecule has 6 nitrogen and oxygen atoms in total. The van der Waals surface area contributed by atoms with E-state index in [0.717, 1.165) is 16.0 Å². The largest absolute Gasteiger partial charge is 0.493 e. The monoisotopic (exact) mass is 370 g/mol. The fourth-order valence-electron chi connectivity index (χ4n) is 3.75. The fourth-order valence-corrected chi connectivity index (χ4v) is 3.75. The molecule has 0 radical (unpaired) electrons. The summed E-state index contributed by atoms with van der Waals surface area (Å²) in [6.07, 6.45) is 0.472. The van der Waals surface area contributed by atoms with Crippen molar-refractivity contribution in [3.8, 4) is 11.5 Å². The second-order valence-corrected chi connectivity index (χ2v) is 6.64. The molecule has 2 aromatic carbocycles. The number of fused-ring (bicyclic) bond motifs is 2. The van der Waals surface area contributed by atoms with Gasteiger partial charge in [0.2, 0.25) is 5.91 Å². The van der Waals surface area contributed by atoms with Crippen molar-refractivity contribution in [1.29, 1.82) is 0 Å². The van der Waals surface area contributed by atoms with Crippen LogP contribution in [0.4, 0.5) is 10.1 Å². The minimum Gasteiger partial charge on any atom is -0.493 e. The van der Waals surface area contributed by atoms with Crippen LogP contribution in [0.2, 0.25) is 0 Å². The number of methoxy groups -OCH3 is 2. The molecule has 1 unspecified atom stereocenters. The maximum atomic E-state index is 13.2. The second kappa shape index (κ2) is 6.66. The average Bonchev–Trinajstić information content (AvgIpc) is 2.67. The third-order valence-corrected chi connectivity index (χ3v) is 5.11. The van der Waals surface area contributed by atoms with E-state index < -0.39 is 11.9 Å². The Kier molecular flexibility index (Phi) is 4.31. The fraction of sp³-hybridized carbons (Fsp3) is 0.300. The first-order chi connectivity index (χ1) is 13.0. The van der Waals surface area contributed by atoms with Gasteiger partial charge in [0.25, 0.3) is 5.91 Å². The van der Waals surface area contributed by atoms with E-state index in [0.29, 0.717) is 30.2 Å². The lowest BCUT2D eigenvalue weighted by Gasteiger charge is -2.42. The Bertz CT molecular complexity index is 913. The molecule has 2 heterocycles. The summed E-state index contributed by atoms with van der Waals surface area (Å²) in [5.41, 5.74) is 2.40. The quantitative estimate of drug-likeness (QED) is 0.775. The standard InChI is InChI=1S/C20H19FN2O4/c1-26-17-8-12-7-16-20(25)23(15-5-3-14(21)4-6-15)19(24)11-22(16)10-13(12)9-18(17)27-2/h3-6,8-9,16H,7,10-11H2,1-2H3. The van der Waals surface area contributed by atoms with Gasteiger partial charge in [-0.1, -0.05) is 0 Å². The van der Waals surface area contributed by atoms with E-state index in [2.05, 4.69) is 0 Å². The number of rotatable bonds is 3. The van der Waals surface area contributed by atoms with Crippen molar-refractivity contribution >= 4 is 17.5 Å². The van der Waals surface area contributed by atoms with Gasteiger partial charge in [0.05, 0.1) is 32.5 Å². The highest BCUT2D eigenvalue weighted by Crippen LogP contribution is 2.36. The van der Waals surface area contributed by atoms with Crippen molar-refractivity contribution in [3.05, 3.63) is 53.3 Å². The van der Waals surface area contributed by atoms with Crippen LogP contribution in [0.15, 0.2) is 36.4 Å². The Labute approximate surface area is 156 Å². The molecule has 2 aromatic rings. The first-order valence-corrected chi connectivity index (χ1v) is 8.62. The van der Waals surface area contributed by atoms with Crippen molar-refractivity contribution in [2.45, 2.75) is 19.0 Å². The Morgan fingerprint density at radius 3 is 2.22 bits per heavy atom. The number of hydrogen-bond acceptors (Lipinski definition) is 5. The first kappa shape index (κ1) is 17.5. The summed E-state index contributed by atoms with van der Waals surface area (Å²) in [7, 11) is 3.14. The Morgan fingerprint density at radius 1 is 0.963 bits per heavy atom. The molecule has 7 heteroatoms. The number of halogens is 1. The van der Waals surface area contributed by atoms with Gasteiger partial charge in [0.1, 0.15) is 5.82 Å². The van der Waals surface area contributed by atoms with Gasteiger partial charge in [-0.25, -0.2) is 9.29 Å². The molecule has 0 N–H and O–H groups in total. The summed E-state index contributed by atoms with van der Waals surface area (Å²) in [4.78, 5) is 28.7. The number of hydrogen-bond donors (Lipinski definition) is 0. The zero-order valence-corrected chi connectivity index (χ0v) is 15.1. The molecule has 0 bridgehead atoms. The molecule has 2 aliphatic heterocycles. The van der Waals surface area contributed by atoms with Crippen LogP contribution in [-0.2, 0) is 22.6 Å². The number of carbonyl (C=O) groups excluding carboxylic acids is 2. The molecule has 4 rings (SSSR count). The number of ether oxygens (including phenoxy) is 2. The van der Waals surface area contributed by atoms with Crippen LogP contribution < -0.4 is 14.4 Å². The third kappa shape index (κ3) is 2.94. The van der Waals surface area contributed by atoms with Crippen LogP contribution in [0.5, 0.6) is 11.5 Å². The lowest BCUT2D eigenvalue weighted by atomic mass is 9.91. The highest BCUT2D eigenvalue weighted by atomic mass is 19.1. The van der Waals surface area contributed by atoms with Gasteiger partial charge in [0.15, 0.2) is 11.5 Å². The minimum atomic E-state index is -0.446. The molecule has 1 atom stereocenters. The molecule has 0 spiro atoms. The van der Waals surface area contributed by atoms with Gasteiger partial charge in [-0.3, -0.25) is 14.5 Å². The van der Waals surface area contributed by atoms with Crippen LogP contribution in [0.1, 0.15) is 11.1 Å². The smallest absolute Gasteiger partial charge is 0.251 e. The van der Waals surface area contributed by atoms with E-state index >= 15 is 0 Å². The number of amides is 2. The van der Waals surface area contributed by atoms with Crippen molar-refractivity contribution in [3.63, 3.8) is 0 Å². The molecular formula is C20H19FN2O4. The van der Waals surface area contributed by atoms with Crippen LogP contribution in [0.25, 0.3) is 0 Å². The molecule has 2 aliphatic rings. The van der Waals surface area contributed by atoms with Crippen LogP contribution in [-0.4, -0.2) is 43.5 Å². The normalized spacial score (nSPS) is 19.5. The zero-order valence-electron chi connectivity index (χ0n) is 15.1. The van der Waals surface area contributed by atoms with Crippen LogP contribution in [0.3, 0.4) is 0 Å². The molecule has 0 aliphatic carbocycles. The molecule has 2 amide bonds. The third-order valence-electron chi connectivity index (χ3n) is 5.11. The van der Waals surface area contributed by atoms with Crippen LogP contribution >= 0.6 is 0 Å². The predicted molar refractivity (Wildman–Crippen MR) is 96.3 cm³/mol. The van der Waals surface area contributed by atoms with Crippen molar-refractivity contribution in [1.82, 2.24) is 4.90 Å². The highest BCUT2D eigenvalue weighted by Gasteiger charge is 2.43. The van der Waals surface area contributed by atoms with Gasteiger partial charge in [-0.05, 0) is 53.9 Å². The van der Waals surface area contributed by atoms with Crippen molar-refractivity contribution < 1.29 is 23.5 Å². The Balaban J connectivity index is 1.67. The lowest BCUT2D eigenvalue weighted by molar-refractivity contribution is -0.136. The molecular weight excluding hydrogens is 351 g/mol. The van der Waals surface area contributed by atoms with Crippen molar-refractivity contribution in [2.24, 2.45) is 0 Å². The Morgan fingerprint density at radius 2 is 1.59 bits per heavy atom. The summed E-state index contributed by atoms with van der Waals surface area (Å²) in [6, 6.07) is 8.73. The number of piperazine rings is 1. The number of anilines is 1. The van der Waals surface area contributed by atoms with Gasteiger partial charge < -0.3 is 9.47 Å². The number of benzene rings is 2. The second-order valence-electron chi connectivity index (χ2n) is 6.64. The number of carbonyl (C=O) groups is 2.